The molecule has 1 aliphatic carbocycles. The number of rotatable bonds is 4. The van der Waals surface area contributed by atoms with Gasteiger partial charge in [0.25, 0.3) is 0 Å². The van der Waals surface area contributed by atoms with Crippen LogP contribution < -0.4 is 0 Å². The summed E-state index contributed by atoms with van der Waals surface area (Å²) < 4.78 is 23.5. The van der Waals surface area contributed by atoms with E-state index in [1.54, 1.807) is 24.3 Å². The molecule has 0 spiro atoms. The van der Waals surface area contributed by atoms with E-state index in [2.05, 4.69) is 0 Å². The summed E-state index contributed by atoms with van der Waals surface area (Å²) in [6.07, 6.45) is 1.13. The van der Waals surface area contributed by atoms with Gasteiger partial charge in [0.1, 0.15) is 0 Å². The van der Waals surface area contributed by atoms with Crippen LogP contribution in [-0.2, 0) is 9.84 Å². The van der Waals surface area contributed by atoms with Crippen LogP contribution in [0.25, 0.3) is 0 Å². The van der Waals surface area contributed by atoms with E-state index < -0.39 is 20.5 Å². The molecule has 2 N–H and O–H groups in total. The minimum absolute atomic E-state index is 0.353. The van der Waals surface area contributed by atoms with Gasteiger partial charge in [-0.15, -0.1) is 0 Å². The van der Waals surface area contributed by atoms with Crippen molar-refractivity contribution >= 4 is 21.4 Å². The molecule has 2 rings (SSSR count). The van der Waals surface area contributed by atoms with Crippen LogP contribution in [-0.4, -0.2) is 43.4 Å². The molecule has 1 aromatic rings. The van der Waals surface area contributed by atoms with E-state index in [0.717, 1.165) is 11.8 Å². The number of halogens is 1. The largest absolute Gasteiger partial charge is 0.396 e. The first-order valence-corrected chi connectivity index (χ1v) is 7.86. The number of aliphatic hydroxyl groups is 2. The highest BCUT2D eigenvalue weighted by Gasteiger charge is 2.69. The van der Waals surface area contributed by atoms with Crippen molar-refractivity contribution in [1.82, 2.24) is 0 Å². The maximum Gasteiger partial charge on any atom is 0.151 e. The molecule has 4 nitrogen and oxygen atoms in total. The topological polar surface area (TPSA) is 74.6 Å². The molecule has 1 aromatic carbocycles. The maximum absolute atomic E-state index is 11.7. The van der Waals surface area contributed by atoms with Crippen LogP contribution in [0.3, 0.4) is 0 Å². The normalized spacial score (nSPS) is 26.0. The Bertz CT molecular complexity index is 534. The van der Waals surface area contributed by atoms with Gasteiger partial charge in [0.05, 0.1) is 18.5 Å². The number of hydrogen-bond donors (Lipinski definition) is 2. The van der Waals surface area contributed by atoms with E-state index in [1.165, 1.54) is 0 Å². The van der Waals surface area contributed by atoms with Crippen LogP contribution in [0.1, 0.15) is 11.5 Å². The minimum Gasteiger partial charge on any atom is -0.396 e. The smallest absolute Gasteiger partial charge is 0.151 e. The number of benzene rings is 1. The lowest BCUT2D eigenvalue weighted by atomic mass is 10.0. The Hall–Kier alpha value is -0.620. The summed E-state index contributed by atoms with van der Waals surface area (Å²) in [6, 6.07) is 6.82. The lowest BCUT2D eigenvalue weighted by Crippen LogP contribution is -2.22. The standard InChI is InChI=1S/C12H15ClO4S/c1-18(16,17)11-10(12(11,6-14)7-15)8-2-4-9(13)5-3-8/h2-5,10-11,14-15H,6-7H2,1H3/t10-,11+/m1/s1. The van der Waals surface area contributed by atoms with Crippen molar-refractivity contribution in [2.45, 2.75) is 11.2 Å². The zero-order valence-electron chi connectivity index (χ0n) is 9.88. The number of sulfone groups is 1. The summed E-state index contributed by atoms with van der Waals surface area (Å²) in [5, 5.41) is 18.7. The third-order valence-electron chi connectivity index (χ3n) is 3.66. The molecule has 0 radical (unpaired) electrons. The average Bonchev–Trinajstić information content (AvgIpc) is 3.00. The van der Waals surface area contributed by atoms with E-state index in [-0.39, 0.29) is 19.1 Å². The molecule has 1 aliphatic rings. The minimum atomic E-state index is -3.32. The van der Waals surface area contributed by atoms with Crippen LogP contribution in [0.15, 0.2) is 24.3 Å². The molecule has 0 amide bonds. The quantitative estimate of drug-likeness (QED) is 0.861. The highest BCUT2D eigenvalue weighted by molar-refractivity contribution is 7.91. The summed E-state index contributed by atoms with van der Waals surface area (Å²) in [4.78, 5) is 0. The molecular formula is C12H15ClO4S. The molecule has 1 saturated carbocycles. The Morgan fingerprint density at radius 3 is 2.06 bits per heavy atom. The molecule has 0 bridgehead atoms. The monoisotopic (exact) mass is 290 g/mol. The van der Waals surface area contributed by atoms with Crippen molar-refractivity contribution in [2.75, 3.05) is 19.5 Å². The summed E-state index contributed by atoms with van der Waals surface area (Å²) in [6.45, 7) is -0.705. The Morgan fingerprint density at radius 2 is 1.72 bits per heavy atom. The van der Waals surface area contributed by atoms with E-state index in [0.29, 0.717) is 5.02 Å². The second-order valence-electron chi connectivity index (χ2n) is 4.83. The molecule has 6 heteroatoms. The lowest BCUT2D eigenvalue weighted by Gasteiger charge is -2.10. The molecular weight excluding hydrogens is 276 g/mol. The van der Waals surface area contributed by atoms with E-state index in [1.807, 2.05) is 0 Å². The zero-order chi connectivity index (χ0) is 13.6. The fourth-order valence-corrected chi connectivity index (χ4v) is 4.85. The molecule has 0 aromatic heterocycles. The van der Waals surface area contributed by atoms with E-state index >= 15 is 0 Å². The summed E-state index contributed by atoms with van der Waals surface area (Å²) in [5.41, 5.74) is -0.195. The SMILES string of the molecule is CS(=O)(=O)[C@H]1[C@@H](c2ccc(Cl)cc2)C1(CO)CO. The Morgan fingerprint density at radius 1 is 1.22 bits per heavy atom. The number of aliphatic hydroxyl groups excluding tert-OH is 2. The van der Waals surface area contributed by atoms with Gasteiger partial charge in [0.15, 0.2) is 9.84 Å². The maximum atomic E-state index is 11.7. The fourth-order valence-electron chi connectivity index (χ4n) is 2.73. The summed E-state index contributed by atoms with van der Waals surface area (Å²) in [7, 11) is -3.32. The van der Waals surface area contributed by atoms with Crippen LogP contribution in [0.2, 0.25) is 5.02 Å². The van der Waals surface area contributed by atoms with Crippen molar-refractivity contribution < 1.29 is 18.6 Å². The van der Waals surface area contributed by atoms with Crippen LogP contribution in [0.4, 0.5) is 0 Å². The van der Waals surface area contributed by atoms with Crippen LogP contribution in [0, 0.1) is 5.41 Å². The first-order valence-electron chi connectivity index (χ1n) is 5.53. The van der Waals surface area contributed by atoms with Gasteiger partial charge >= 0.3 is 0 Å². The predicted molar refractivity (Wildman–Crippen MR) is 69.4 cm³/mol. The average molecular weight is 291 g/mol. The second kappa shape index (κ2) is 4.49. The second-order valence-corrected chi connectivity index (χ2v) is 7.43. The van der Waals surface area contributed by atoms with Gasteiger partial charge in [0, 0.05) is 22.6 Å². The lowest BCUT2D eigenvalue weighted by molar-refractivity contribution is 0.130. The van der Waals surface area contributed by atoms with Crippen molar-refractivity contribution in [2.24, 2.45) is 5.41 Å². The van der Waals surface area contributed by atoms with Crippen molar-refractivity contribution in [3.05, 3.63) is 34.9 Å². The summed E-state index contributed by atoms with van der Waals surface area (Å²) in [5.74, 6) is -0.375. The Labute approximate surface area is 111 Å². The zero-order valence-corrected chi connectivity index (χ0v) is 11.4. The molecule has 0 heterocycles. The Kier molecular flexibility index (Phi) is 3.44. The number of hydrogen-bond acceptors (Lipinski definition) is 4. The highest BCUT2D eigenvalue weighted by Crippen LogP contribution is 2.62. The molecule has 0 saturated heterocycles. The predicted octanol–water partition coefficient (Wildman–Crippen LogP) is 0.821. The van der Waals surface area contributed by atoms with Gasteiger partial charge in [-0.25, -0.2) is 8.42 Å². The third-order valence-corrected chi connectivity index (χ3v) is 5.57. The van der Waals surface area contributed by atoms with Crippen molar-refractivity contribution in [1.29, 1.82) is 0 Å². The van der Waals surface area contributed by atoms with E-state index in [9.17, 15) is 18.6 Å². The van der Waals surface area contributed by atoms with Gasteiger partial charge < -0.3 is 10.2 Å². The van der Waals surface area contributed by atoms with Crippen LogP contribution >= 0.6 is 11.6 Å². The summed E-state index contributed by atoms with van der Waals surface area (Å²) >= 11 is 5.78. The molecule has 0 aliphatic heterocycles. The van der Waals surface area contributed by atoms with Crippen molar-refractivity contribution in [3.63, 3.8) is 0 Å². The first-order chi connectivity index (χ1) is 8.36. The highest BCUT2D eigenvalue weighted by atomic mass is 35.5. The molecule has 100 valence electrons. The van der Waals surface area contributed by atoms with Gasteiger partial charge in [-0.05, 0) is 17.7 Å². The van der Waals surface area contributed by atoms with E-state index in [4.69, 9.17) is 11.6 Å². The van der Waals surface area contributed by atoms with Gasteiger partial charge in [0.2, 0.25) is 0 Å². The molecule has 2 atom stereocenters. The van der Waals surface area contributed by atoms with Gasteiger partial charge in [-0.2, -0.15) is 0 Å². The van der Waals surface area contributed by atoms with Crippen LogP contribution in [0.5, 0.6) is 0 Å². The molecule has 0 unspecified atom stereocenters. The van der Waals surface area contributed by atoms with Gasteiger partial charge in [-0.3, -0.25) is 0 Å². The van der Waals surface area contributed by atoms with Gasteiger partial charge in [-0.1, -0.05) is 23.7 Å². The fraction of sp³-hybridized carbons (Fsp3) is 0.500. The third kappa shape index (κ3) is 2.05. The first kappa shape index (κ1) is 13.8. The molecule has 1 fully saturated rings. The van der Waals surface area contributed by atoms with Crippen molar-refractivity contribution in [3.8, 4) is 0 Å². The molecule has 18 heavy (non-hydrogen) atoms. The Balaban J connectivity index is 2.41.